The van der Waals surface area contributed by atoms with E-state index in [2.05, 4.69) is 15.5 Å². The van der Waals surface area contributed by atoms with E-state index >= 15 is 0 Å². The Balaban J connectivity index is 1.49. The Hall–Kier alpha value is -2.22. The van der Waals surface area contributed by atoms with Crippen molar-refractivity contribution in [2.24, 2.45) is 0 Å². The summed E-state index contributed by atoms with van der Waals surface area (Å²) >= 11 is 0. The van der Waals surface area contributed by atoms with Crippen molar-refractivity contribution < 1.29 is 17.7 Å². The van der Waals surface area contributed by atoms with Gasteiger partial charge >= 0.3 is 0 Å². The SMILES string of the molecule is Cc1ccc(S(=O)(=O)Cc2noc(CCC(=O)NC3CCCCCCC3)n2)cc1. The van der Waals surface area contributed by atoms with Crippen LogP contribution in [0.15, 0.2) is 33.7 Å². The van der Waals surface area contributed by atoms with Gasteiger partial charge in [0.15, 0.2) is 15.7 Å². The van der Waals surface area contributed by atoms with Crippen LogP contribution < -0.4 is 5.32 Å². The number of carbonyl (C=O) groups excluding carboxylic acids is 1. The van der Waals surface area contributed by atoms with E-state index in [4.69, 9.17) is 4.52 Å². The fourth-order valence-corrected chi connectivity index (χ4v) is 4.74. The molecule has 1 aromatic heterocycles. The number of aromatic nitrogens is 2. The molecule has 1 aliphatic rings. The van der Waals surface area contributed by atoms with E-state index in [0.29, 0.717) is 6.42 Å². The molecule has 0 unspecified atom stereocenters. The molecule has 1 amide bonds. The first-order chi connectivity index (χ1) is 13.9. The van der Waals surface area contributed by atoms with Gasteiger partial charge in [-0.2, -0.15) is 4.98 Å². The lowest BCUT2D eigenvalue weighted by Crippen LogP contribution is -2.35. The maximum Gasteiger partial charge on any atom is 0.227 e. The van der Waals surface area contributed by atoms with Crippen molar-refractivity contribution in [2.45, 2.75) is 81.4 Å². The van der Waals surface area contributed by atoms with Gasteiger partial charge in [-0.3, -0.25) is 4.79 Å². The molecule has 0 saturated heterocycles. The van der Waals surface area contributed by atoms with Crippen LogP contribution in [0, 0.1) is 6.92 Å². The predicted molar refractivity (Wildman–Crippen MR) is 109 cm³/mol. The van der Waals surface area contributed by atoms with E-state index in [1.165, 1.54) is 19.3 Å². The van der Waals surface area contributed by atoms with Crippen LogP contribution in [-0.2, 0) is 26.8 Å². The van der Waals surface area contributed by atoms with E-state index in [1.807, 2.05) is 6.92 Å². The van der Waals surface area contributed by atoms with Gasteiger partial charge in [-0.25, -0.2) is 8.42 Å². The Kier molecular flexibility index (Phi) is 7.41. The highest BCUT2D eigenvalue weighted by molar-refractivity contribution is 7.90. The molecule has 0 atom stereocenters. The van der Waals surface area contributed by atoms with Crippen LogP contribution in [0.1, 0.15) is 68.6 Å². The van der Waals surface area contributed by atoms with Crippen molar-refractivity contribution in [1.82, 2.24) is 15.5 Å². The fraction of sp³-hybridized carbons (Fsp3) is 0.571. The lowest BCUT2D eigenvalue weighted by Gasteiger charge is -2.20. The molecular weight excluding hydrogens is 390 g/mol. The summed E-state index contributed by atoms with van der Waals surface area (Å²) in [5.41, 5.74) is 0.989. The van der Waals surface area contributed by atoms with Gasteiger partial charge in [-0.15, -0.1) is 0 Å². The minimum atomic E-state index is -3.54. The zero-order chi connectivity index (χ0) is 20.7. The molecule has 1 heterocycles. The van der Waals surface area contributed by atoms with Crippen molar-refractivity contribution in [1.29, 1.82) is 0 Å². The molecular formula is C21H29N3O4S. The van der Waals surface area contributed by atoms with Crippen molar-refractivity contribution in [3.05, 3.63) is 41.5 Å². The zero-order valence-electron chi connectivity index (χ0n) is 16.9. The van der Waals surface area contributed by atoms with Crippen LogP contribution in [0.4, 0.5) is 0 Å². The number of sulfone groups is 1. The highest BCUT2D eigenvalue weighted by atomic mass is 32.2. The number of nitrogens with zero attached hydrogens (tertiary/aromatic N) is 2. The molecule has 3 rings (SSSR count). The molecule has 1 aromatic carbocycles. The minimum Gasteiger partial charge on any atom is -0.353 e. The third-order valence-corrected chi connectivity index (χ3v) is 6.87. The lowest BCUT2D eigenvalue weighted by atomic mass is 9.96. The molecule has 7 nitrogen and oxygen atoms in total. The second-order valence-electron chi connectivity index (χ2n) is 7.79. The average Bonchev–Trinajstić information content (AvgIpc) is 3.09. The molecule has 1 N–H and O–H groups in total. The second kappa shape index (κ2) is 10.0. The molecule has 0 radical (unpaired) electrons. The van der Waals surface area contributed by atoms with Gasteiger partial charge in [0.25, 0.3) is 0 Å². The summed E-state index contributed by atoms with van der Waals surface area (Å²) in [7, 11) is -3.54. The molecule has 0 spiro atoms. The standard InChI is InChI=1S/C21H29N3O4S/c1-16-9-11-18(12-10-16)29(26,27)15-19-23-21(28-24-19)14-13-20(25)22-17-7-5-3-2-4-6-8-17/h9-12,17H,2-8,13-15H2,1H3,(H,22,25). The van der Waals surface area contributed by atoms with Gasteiger partial charge in [0.05, 0.1) is 4.90 Å². The molecule has 0 aliphatic heterocycles. The van der Waals surface area contributed by atoms with Crippen molar-refractivity contribution in [3.8, 4) is 0 Å². The monoisotopic (exact) mass is 419 g/mol. The first-order valence-corrected chi connectivity index (χ1v) is 12.0. The smallest absolute Gasteiger partial charge is 0.227 e. The van der Waals surface area contributed by atoms with Gasteiger partial charge in [-0.1, -0.05) is 55.0 Å². The van der Waals surface area contributed by atoms with Crippen molar-refractivity contribution in [3.63, 3.8) is 0 Å². The molecule has 2 aromatic rings. The average molecular weight is 420 g/mol. The summed E-state index contributed by atoms with van der Waals surface area (Å²) in [6.07, 6.45) is 8.71. The van der Waals surface area contributed by atoms with Crippen LogP contribution in [-0.4, -0.2) is 30.5 Å². The number of hydrogen-bond acceptors (Lipinski definition) is 6. The third-order valence-electron chi connectivity index (χ3n) is 5.25. The number of nitrogens with one attached hydrogen (secondary N) is 1. The predicted octanol–water partition coefficient (Wildman–Crippen LogP) is 3.51. The van der Waals surface area contributed by atoms with E-state index in [-0.39, 0.29) is 40.7 Å². The van der Waals surface area contributed by atoms with Crippen LogP contribution in [0.25, 0.3) is 0 Å². The Morgan fingerprint density at radius 2 is 1.76 bits per heavy atom. The van der Waals surface area contributed by atoms with Crippen LogP contribution in [0.5, 0.6) is 0 Å². The molecule has 1 aliphatic carbocycles. The van der Waals surface area contributed by atoms with Gasteiger partial charge in [-0.05, 0) is 31.9 Å². The molecule has 1 fully saturated rings. The largest absolute Gasteiger partial charge is 0.353 e. The normalized spacial score (nSPS) is 16.2. The summed E-state index contributed by atoms with van der Waals surface area (Å²) in [5, 5.41) is 6.87. The number of amides is 1. The lowest BCUT2D eigenvalue weighted by molar-refractivity contribution is -0.122. The summed E-state index contributed by atoms with van der Waals surface area (Å²) in [5.74, 6) is 0.0453. The third kappa shape index (κ3) is 6.66. The van der Waals surface area contributed by atoms with E-state index in [1.54, 1.807) is 24.3 Å². The molecule has 29 heavy (non-hydrogen) atoms. The minimum absolute atomic E-state index is 0.0254. The maximum absolute atomic E-state index is 12.5. The van der Waals surface area contributed by atoms with Crippen LogP contribution in [0.2, 0.25) is 0 Å². The summed E-state index contributed by atoms with van der Waals surface area (Å²) in [4.78, 5) is 16.6. The van der Waals surface area contributed by atoms with E-state index in [9.17, 15) is 13.2 Å². The number of carbonyl (C=O) groups is 1. The van der Waals surface area contributed by atoms with Crippen molar-refractivity contribution >= 4 is 15.7 Å². The molecule has 1 saturated carbocycles. The molecule has 8 heteroatoms. The first kappa shape index (κ1) is 21.5. The second-order valence-corrected chi connectivity index (χ2v) is 9.78. The number of benzene rings is 1. The summed E-state index contributed by atoms with van der Waals surface area (Å²) < 4.78 is 30.1. The van der Waals surface area contributed by atoms with Crippen LogP contribution >= 0.6 is 0 Å². The van der Waals surface area contributed by atoms with Gasteiger partial charge in [0.1, 0.15) is 5.75 Å². The topological polar surface area (TPSA) is 102 Å². The van der Waals surface area contributed by atoms with E-state index < -0.39 is 9.84 Å². The van der Waals surface area contributed by atoms with Gasteiger partial charge in [0.2, 0.25) is 11.8 Å². The first-order valence-electron chi connectivity index (χ1n) is 10.3. The quantitative estimate of drug-likeness (QED) is 0.737. The summed E-state index contributed by atoms with van der Waals surface area (Å²) in [6, 6.07) is 6.91. The maximum atomic E-state index is 12.5. The fourth-order valence-electron chi connectivity index (χ4n) is 3.57. The zero-order valence-corrected chi connectivity index (χ0v) is 17.7. The highest BCUT2D eigenvalue weighted by Crippen LogP contribution is 2.18. The number of rotatable bonds is 7. The highest BCUT2D eigenvalue weighted by Gasteiger charge is 2.20. The Morgan fingerprint density at radius 3 is 2.45 bits per heavy atom. The number of aryl methyl sites for hydroxylation is 2. The van der Waals surface area contributed by atoms with Gasteiger partial charge < -0.3 is 9.84 Å². The van der Waals surface area contributed by atoms with E-state index in [0.717, 1.165) is 31.2 Å². The van der Waals surface area contributed by atoms with Crippen LogP contribution in [0.3, 0.4) is 0 Å². The Morgan fingerprint density at radius 1 is 1.10 bits per heavy atom. The van der Waals surface area contributed by atoms with Gasteiger partial charge in [0, 0.05) is 18.9 Å². The molecule has 0 bridgehead atoms. The molecule has 158 valence electrons. The van der Waals surface area contributed by atoms with Crippen molar-refractivity contribution in [2.75, 3.05) is 0 Å². The summed E-state index contributed by atoms with van der Waals surface area (Å²) in [6.45, 7) is 1.90. The Labute approximate surface area is 172 Å². The Bertz CT molecular complexity index is 898. The number of hydrogen-bond donors (Lipinski definition) is 1.